The predicted octanol–water partition coefficient (Wildman–Crippen LogP) is 2.87. The molecule has 0 saturated heterocycles. The number of rotatable bonds is 5. The number of methoxy groups -OCH3 is 1. The molecule has 0 saturated carbocycles. The molecular weight excluding hydrogens is 282 g/mol. The van der Waals surface area contributed by atoms with Crippen LogP contribution in [0.2, 0.25) is 0 Å². The van der Waals surface area contributed by atoms with Gasteiger partial charge in [-0.25, -0.2) is 0 Å². The third-order valence-electron chi connectivity index (χ3n) is 2.84. The zero-order valence-electron chi connectivity index (χ0n) is 13.1. The Morgan fingerprint density at radius 1 is 1.09 bits per heavy atom. The zero-order chi connectivity index (χ0) is 16.5. The largest absolute Gasteiger partial charge is 0.492 e. The lowest BCUT2D eigenvalue weighted by atomic mass is 10.1. The van der Waals surface area contributed by atoms with Gasteiger partial charge in [-0.1, -0.05) is 32.0 Å². The van der Waals surface area contributed by atoms with Crippen LogP contribution in [0.25, 0.3) is 0 Å². The molecule has 0 radical (unpaired) electrons. The minimum Gasteiger partial charge on any atom is -0.492 e. The molecular formula is C17H23NO4. The van der Waals surface area contributed by atoms with Crippen LogP contribution in [0.4, 0.5) is 5.69 Å². The zero-order valence-corrected chi connectivity index (χ0v) is 13.1. The second-order valence-corrected chi connectivity index (χ2v) is 4.29. The topological polar surface area (TPSA) is 84.9 Å². The van der Waals surface area contributed by atoms with Crippen molar-refractivity contribution in [2.24, 2.45) is 0 Å². The van der Waals surface area contributed by atoms with Gasteiger partial charge in [-0.3, -0.25) is 0 Å². The van der Waals surface area contributed by atoms with Crippen molar-refractivity contribution >= 4 is 5.69 Å². The fourth-order valence-electron chi connectivity index (χ4n) is 1.91. The fourth-order valence-corrected chi connectivity index (χ4v) is 1.91. The van der Waals surface area contributed by atoms with E-state index in [4.69, 9.17) is 15.2 Å². The molecule has 4 N–H and O–H groups in total. The van der Waals surface area contributed by atoms with Crippen LogP contribution < -0.4 is 15.2 Å². The summed E-state index contributed by atoms with van der Waals surface area (Å²) in [7, 11) is 1.45. The summed E-state index contributed by atoms with van der Waals surface area (Å²) in [5.41, 5.74) is 7.55. The van der Waals surface area contributed by atoms with E-state index in [1.807, 2.05) is 32.0 Å². The van der Waals surface area contributed by atoms with E-state index in [0.29, 0.717) is 23.8 Å². The van der Waals surface area contributed by atoms with Gasteiger partial charge in [-0.15, -0.1) is 0 Å². The first-order chi connectivity index (χ1) is 10.6. The highest BCUT2D eigenvalue weighted by Crippen LogP contribution is 2.34. The van der Waals surface area contributed by atoms with Gasteiger partial charge >= 0.3 is 0 Å². The summed E-state index contributed by atoms with van der Waals surface area (Å²) in [6.07, 6.45) is -1.61. The van der Waals surface area contributed by atoms with Crippen molar-refractivity contribution < 1.29 is 19.7 Å². The summed E-state index contributed by atoms with van der Waals surface area (Å²) in [6, 6.07) is 12.3. The summed E-state index contributed by atoms with van der Waals surface area (Å²) in [5, 5.41) is 18.6. The Bertz CT molecular complexity index is 585. The van der Waals surface area contributed by atoms with Crippen LogP contribution in [0, 0.1) is 0 Å². The van der Waals surface area contributed by atoms with Crippen molar-refractivity contribution in [2.75, 3.05) is 12.8 Å². The molecule has 2 aromatic rings. The number of para-hydroxylation sites is 1. The van der Waals surface area contributed by atoms with E-state index >= 15 is 0 Å². The normalized spacial score (nSPS) is 9.91. The van der Waals surface area contributed by atoms with Crippen molar-refractivity contribution in [3.05, 3.63) is 53.6 Å². The van der Waals surface area contributed by atoms with Crippen LogP contribution in [0.1, 0.15) is 31.3 Å². The molecule has 5 nitrogen and oxygen atoms in total. The molecule has 0 aliphatic heterocycles. The van der Waals surface area contributed by atoms with Crippen molar-refractivity contribution in [1.82, 2.24) is 0 Å². The van der Waals surface area contributed by atoms with Gasteiger partial charge in [0.05, 0.1) is 12.7 Å². The van der Waals surface area contributed by atoms with Crippen LogP contribution >= 0.6 is 0 Å². The van der Waals surface area contributed by atoms with E-state index in [1.54, 1.807) is 24.3 Å². The molecule has 22 heavy (non-hydrogen) atoms. The maximum atomic E-state index is 9.29. The second kappa shape index (κ2) is 8.92. The van der Waals surface area contributed by atoms with E-state index in [0.717, 1.165) is 5.56 Å². The number of benzene rings is 2. The number of aliphatic hydroxyl groups is 2. The van der Waals surface area contributed by atoms with Crippen molar-refractivity contribution in [1.29, 1.82) is 0 Å². The molecule has 0 heterocycles. The number of aliphatic hydroxyl groups excluding tert-OH is 1. The van der Waals surface area contributed by atoms with Gasteiger partial charge in [0.1, 0.15) is 6.61 Å². The minimum absolute atomic E-state index is 0.262. The molecule has 2 rings (SSSR count). The van der Waals surface area contributed by atoms with Crippen molar-refractivity contribution in [3.63, 3.8) is 0 Å². The van der Waals surface area contributed by atoms with Crippen molar-refractivity contribution in [2.45, 2.75) is 26.7 Å². The van der Waals surface area contributed by atoms with E-state index in [2.05, 4.69) is 0 Å². The van der Waals surface area contributed by atoms with E-state index in [-0.39, 0.29) is 5.56 Å². The van der Waals surface area contributed by atoms with Gasteiger partial charge in [0.15, 0.2) is 17.8 Å². The average Bonchev–Trinajstić information content (AvgIpc) is 2.54. The quantitative estimate of drug-likeness (QED) is 0.584. The van der Waals surface area contributed by atoms with Gasteiger partial charge < -0.3 is 25.4 Å². The highest BCUT2D eigenvalue weighted by atomic mass is 16.5. The summed E-state index contributed by atoms with van der Waals surface area (Å²) < 4.78 is 10.8. The van der Waals surface area contributed by atoms with Crippen LogP contribution in [-0.4, -0.2) is 17.3 Å². The fraction of sp³-hybridized carbons (Fsp3) is 0.294. The molecule has 0 amide bonds. The SMILES string of the molecule is CC.COc1c(OCc2cccc(N)c2)cccc1C(O)O. The molecule has 0 atom stereocenters. The summed E-state index contributed by atoms with van der Waals surface area (Å²) in [6.45, 7) is 4.31. The van der Waals surface area contributed by atoms with E-state index in [1.165, 1.54) is 7.11 Å². The Labute approximate surface area is 130 Å². The molecule has 0 fully saturated rings. The Kier molecular flexibility index (Phi) is 7.22. The van der Waals surface area contributed by atoms with E-state index in [9.17, 15) is 10.2 Å². The first-order valence-electron chi connectivity index (χ1n) is 7.12. The second-order valence-electron chi connectivity index (χ2n) is 4.29. The van der Waals surface area contributed by atoms with Gasteiger partial charge in [-0.05, 0) is 29.8 Å². The number of ether oxygens (including phenoxy) is 2. The molecule has 0 bridgehead atoms. The summed E-state index contributed by atoms with van der Waals surface area (Å²) >= 11 is 0. The molecule has 0 aliphatic rings. The maximum Gasteiger partial charge on any atom is 0.182 e. The lowest BCUT2D eigenvalue weighted by Gasteiger charge is -2.15. The molecule has 0 unspecified atom stereocenters. The number of nitrogens with two attached hydrogens (primary N) is 1. The Hall–Kier alpha value is -2.24. The Balaban J connectivity index is 0.00000116. The number of anilines is 1. The highest BCUT2D eigenvalue weighted by molar-refractivity contribution is 5.47. The number of nitrogen functional groups attached to an aromatic ring is 1. The van der Waals surface area contributed by atoms with Crippen LogP contribution in [0.5, 0.6) is 11.5 Å². The Morgan fingerprint density at radius 2 is 1.77 bits per heavy atom. The highest BCUT2D eigenvalue weighted by Gasteiger charge is 2.15. The van der Waals surface area contributed by atoms with Crippen molar-refractivity contribution in [3.8, 4) is 11.5 Å². The lowest BCUT2D eigenvalue weighted by molar-refractivity contribution is -0.0441. The molecule has 0 spiro atoms. The van der Waals surface area contributed by atoms with Gasteiger partial charge in [0, 0.05) is 5.69 Å². The minimum atomic E-state index is -1.61. The Morgan fingerprint density at radius 3 is 2.36 bits per heavy atom. The van der Waals surface area contributed by atoms with Gasteiger partial charge in [0.25, 0.3) is 0 Å². The standard InChI is InChI=1S/C15H17NO4.C2H6/c1-19-14-12(15(17)18)6-3-7-13(14)20-9-10-4-2-5-11(16)8-10;1-2/h2-8,15,17-18H,9,16H2,1H3;1-2H3. The summed E-state index contributed by atoms with van der Waals surface area (Å²) in [5.74, 6) is 0.756. The molecule has 0 aromatic heterocycles. The first kappa shape index (κ1) is 17.8. The first-order valence-corrected chi connectivity index (χ1v) is 7.12. The van der Waals surface area contributed by atoms with E-state index < -0.39 is 6.29 Å². The lowest BCUT2D eigenvalue weighted by Crippen LogP contribution is -2.03. The number of hydrogen-bond acceptors (Lipinski definition) is 5. The maximum absolute atomic E-state index is 9.29. The molecule has 0 aliphatic carbocycles. The average molecular weight is 305 g/mol. The summed E-state index contributed by atoms with van der Waals surface area (Å²) in [4.78, 5) is 0. The van der Waals surface area contributed by atoms with Gasteiger partial charge in [0.2, 0.25) is 0 Å². The molecule has 2 aromatic carbocycles. The van der Waals surface area contributed by atoms with Crippen LogP contribution in [0.3, 0.4) is 0 Å². The molecule has 120 valence electrons. The molecule has 5 heteroatoms. The van der Waals surface area contributed by atoms with Crippen LogP contribution in [-0.2, 0) is 6.61 Å². The predicted molar refractivity (Wildman–Crippen MR) is 86.7 cm³/mol. The third-order valence-corrected chi connectivity index (χ3v) is 2.84. The number of hydrogen-bond donors (Lipinski definition) is 3. The monoisotopic (exact) mass is 305 g/mol. The smallest absolute Gasteiger partial charge is 0.182 e. The van der Waals surface area contributed by atoms with Gasteiger partial charge in [-0.2, -0.15) is 0 Å². The third kappa shape index (κ3) is 4.65. The van der Waals surface area contributed by atoms with Crippen LogP contribution in [0.15, 0.2) is 42.5 Å².